The summed E-state index contributed by atoms with van der Waals surface area (Å²) in [5, 5.41) is 6.66. The molecule has 0 aliphatic carbocycles. The van der Waals surface area contributed by atoms with Crippen molar-refractivity contribution >= 4 is 5.91 Å². The number of nitrogens with one attached hydrogen (secondary N) is 1. The molecule has 0 atom stereocenters. The highest BCUT2D eigenvalue weighted by Gasteiger charge is 2.13. The van der Waals surface area contributed by atoms with Crippen molar-refractivity contribution < 1.29 is 14.1 Å². The van der Waals surface area contributed by atoms with E-state index in [4.69, 9.17) is 9.26 Å². The first kappa shape index (κ1) is 15.7. The summed E-state index contributed by atoms with van der Waals surface area (Å²) in [7, 11) is 1.53. The molecule has 0 bridgehead atoms. The third-order valence-corrected chi connectivity index (χ3v) is 3.49. The zero-order chi connectivity index (χ0) is 16.9. The fourth-order valence-corrected chi connectivity index (χ4v) is 2.31. The molecule has 122 valence electrons. The number of carbonyl (C=O) groups is 1. The molecule has 0 unspecified atom stereocenters. The first-order valence-electron chi connectivity index (χ1n) is 7.48. The van der Waals surface area contributed by atoms with E-state index in [1.165, 1.54) is 7.11 Å². The smallest absolute Gasteiger partial charge is 0.257 e. The second-order valence-electron chi connectivity index (χ2n) is 5.27. The summed E-state index contributed by atoms with van der Waals surface area (Å²) < 4.78 is 10.4. The molecule has 6 nitrogen and oxygen atoms in total. The van der Waals surface area contributed by atoms with Crippen LogP contribution in [-0.4, -0.2) is 23.2 Å². The highest BCUT2D eigenvalue weighted by Crippen LogP contribution is 2.19. The highest BCUT2D eigenvalue weighted by molar-refractivity contribution is 5.96. The van der Waals surface area contributed by atoms with Crippen molar-refractivity contribution in [2.24, 2.45) is 0 Å². The van der Waals surface area contributed by atoms with Crippen LogP contribution in [0, 0.1) is 6.92 Å². The Balaban J connectivity index is 1.68. The Morgan fingerprint density at radius 3 is 2.83 bits per heavy atom. The Labute approximate surface area is 139 Å². The molecule has 0 fully saturated rings. The van der Waals surface area contributed by atoms with Gasteiger partial charge in [0.05, 0.1) is 19.2 Å². The van der Waals surface area contributed by atoms with Crippen molar-refractivity contribution in [2.75, 3.05) is 7.11 Å². The highest BCUT2D eigenvalue weighted by atomic mass is 16.5. The van der Waals surface area contributed by atoms with Gasteiger partial charge in [0.25, 0.3) is 11.8 Å². The molecule has 24 heavy (non-hydrogen) atoms. The van der Waals surface area contributed by atoms with E-state index in [-0.39, 0.29) is 12.5 Å². The number of ether oxygens (including phenoxy) is 1. The van der Waals surface area contributed by atoms with E-state index in [1.54, 1.807) is 18.2 Å². The minimum atomic E-state index is -0.255. The predicted octanol–water partition coefficient (Wildman–Crippen LogP) is 2.98. The number of aryl methyl sites for hydroxylation is 1. The second-order valence-corrected chi connectivity index (χ2v) is 5.27. The van der Waals surface area contributed by atoms with Crippen LogP contribution in [0.3, 0.4) is 0 Å². The van der Waals surface area contributed by atoms with E-state index in [0.29, 0.717) is 23.0 Å². The van der Waals surface area contributed by atoms with Gasteiger partial charge in [-0.05, 0) is 31.2 Å². The van der Waals surface area contributed by atoms with Gasteiger partial charge in [0.15, 0.2) is 5.82 Å². The van der Waals surface area contributed by atoms with E-state index in [0.717, 1.165) is 11.1 Å². The Kier molecular flexibility index (Phi) is 4.56. The zero-order valence-corrected chi connectivity index (χ0v) is 13.4. The minimum Gasteiger partial charge on any atom is -0.496 e. The summed E-state index contributed by atoms with van der Waals surface area (Å²) in [6.07, 6.45) is 0. The molecule has 1 N–H and O–H groups in total. The number of para-hydroxylation sites is 1. The molecule has 1 heterocycles. The molecule has 3 rings (SSSR count). The molecule has 0 saturated carbocycles. The normalized spacial score (nSPS) is 10.4. The van der Waals surface area contributed by atoms with Crippen molar-refractivity contribution in [1.29, 1.82) is 0 Å². The minimum absolute atomic E-state index is 0.173. The average Bonchev–Trinajstić information content (AvgIpc) is 3.08. The third kappa shape index (κ3) is 3.43. The van der Waals surface area contributed by atoms with E-state index in [2.05, 4.69) is 15.5 Å². The predicted molar refractivity (Wildman–Crippen MR) is 88.6 cm³/mol. The molecule has 1 aromatic heterocycles. The topological polar surface area (TPSA) is 77.2 Å². The van der Waals surface area contributed by atoms with E-state index in [9.17, 15) is 4.79 Å². The van der Waals surface area contributed by atoms with Crippen LogP contribution in [0.1, 0.15) is 21.7 Å². The lowest BCUT2D eigenvalue weighted by Gasteiger charge is -2.07. The Bertz CT molecular complexity index is 858. The van der Waals surface area contributed by atoms with Crippen LogP contribution in [0.5, 0.6) is 5.75 Å². The molecule has 3 aromatic rings. The maximum atomic E-state index is 12.2. The number of hydrogen-bond donors (Lipinski definition) is 1. The summed E-state index contributed by atoms with van der Waals surface area (Å²) in [6, 6.07) is 14.8. The number of hydrogen-bond acceptors (Lipinski definition) is 5. The summed E-state index contributed by atoms with van der Waals surface area (Å²) >= 11 is 0. The van der Waals surface area contributed by atoms with Gasteiger partial charge >= 0.3 is 0 Å². The molecule has 0 spiro atoms. The lowest BCUT2D eigenvalue weighted by atomic mass is 10.1. The summed E-state index contributed by atoms with van der Waals surface area (Å²) in [5.74, 6) is 1.10. The van der Waals surface area contributed by atoms with Crippen molar-refractivity contribution in [3.05, 3.63) is 65.5 Å². The largest absolute Gasteiger partial charge is 0.496 e. The summed E-state index contributed by atoms with van der Waals surface area (Å²) in [5.41, 5.74) is 2.42. The lowest BCUT2D eigenvalue weighted by Crippen LogP contribution is -2.23. The molecule has 1 amide bonds. The van der Waals surface area contributed by atoms with Gasteiger partial charge in [-0.15, -0.1) is 0 Å². The third-order valence-electron chi connectivity index (χ3n) is 3.49. The van der Waals surface area contributed by atoms with Gasteiger partial charge in [0, 0.05) is 5.56 Å². The quantitative estimate of drug-likeness (QED) is 0.781. The molecule has 0 radical (unpaired) electrons. The van der Waals surface area contributed by atoms with Gasteiger partial charge in [-0.25, -0.2) is 0 Å². The second kappa shape index (κ2) is 6.95. The van der Waals surface area contributed by atoms with Crippen LogP contribution in [-0.2, 0) is 6.54 Å². The molecule has 6 heteroatoms. The molecular formula is C18H17N3O3. The van der Waals surface area contributed by atoms with Crippen molar-refractivity contribution in [1.82, 2.24) is 15.5 Å². The number of rotatable bonds is 5. The summed E-state index contributed by atoms with van der Waals surface area (Å²) in [4.78, 5) is 16.5. The van der Waals surface area contributed by atoms with E-state index in [1.807, 2.05) is 37.3 Å². The molecule has 0 aliphatic rings. The molecule has 0 saturated heterocycles. The fraction of sp³-hybridized carbons (Fsp3) is 0.167. The standard InChI is InChI=1S/C18H17N3O3/c1-12-6-5-7-13(10-12)18-20-16(21-24-18)11-19-17(22)14-8-3-4-9-15(14)23-2/h3-10H,11H2,1-2H3,(H,19,22). The first-order valence-corrected chi connectivity index (χ1v) is 7.48. The number of carbonyl (C=O) groups excluding carboxylic acids is 1. The van der Waals surface area contributed by atoms with Crippen molar-refractivity contribution in [3.63, 3.8) is 0 Å². The van der Waals surface area contributed by atoms with E-state index >= 15 is 0 Å². The van der Waals surface area contributed by atoms with Crippen LogP contribution in [0.4, 0.5) is 0 Å². The fourth-order valence-electron chi connectivity index (χ4n) is 2.31. The van der Waals surface area contributed by atoms with Gasteiger partial charge in [0.2, 0.25) is 0 Å². The molecular weight excluding hydrogens is 306 g/mol. The van der Waals surface area contributed by atoms with E-state index < -0.39 is 0 Å². The molecule has 2 aromatic carbocycles. The van der Waals surface area contributed by atoms with Crippen LogP contribution in [0.15, 0.2) is 53.1 Å². The number of benzene rings is 2. The van der Waals surface area contributed by atoms with Gasteiger partial charge in [-0.2, -0.15) is 4.98 Å². The molecule has 0 aliphatic heterocycles. The summed E-state index contributed by atoms with van der Waals surface area (Å²) in [6.45, 7) is 2.17. The Morgan fingerprint density at radius 1 is 1.21 bits per heavy atom. The van der Waals surface area contributed by atoms with Gasteiger partial charge in [0.1, 0.15) is 5.75 Å². The number of nitrogens with zero attached hydrogens (tertiary/aromatic N) is 2. The Hall–Kier alpha value is -3.15. The maximum absolute atomic E-state index is 12.2. The maximum Gasteiger partial charge on any atom is 0.257 e. The number of methoxy groups -OCH3 is 1. The Morgan fingerprint density at radius 2 is 2.04 bits per heavy atom. The van der Waals surface area contributed by atoms with Crippen LogP contribution in [0.25, 0.3) is 11.5 Å². The van der Waals surface area contributed by atoms with Gasteiger partial charge < -0.3 is 14.6 Å². The first-order chi connectivity index (χ1) is 11.7. The van der Waals surface area contributed by atoms with Crippen LogP contribution < -0.4 is 10.1 Å². The zero-order valence-electron chi connectivity index (χ0n) is 13.4. The number of amides is 1. The van der Waals surface area contributed by atoms with Crippen molar-refractivity contribution in [2.45, 2.75) is 13.5 Å². The average molecular weight is 323 g/mol. The number of aromatic nitrogens is 2. The SMILES string of the molecule is COc1ccccc1C(=O)NCc1noc(-c2cccc(C)c2)n1. The van der Waals surface area contributed by atoms with Gasteiger partial charge in [-0.3, -0.25) is 4.79 Å². The van der Waals surface area contributed by atoms with Crippen molar-refractivity contribution in [3.8, 4) is 17.2 Å². The lowest BCUT2D eigenvalue weighted by molar-refractivity contribution is 0.0946. The monoisotopic (exact) mass is 323 g/mol. The van der Waals surface area contributed by atoms with Gasteiger partial charge in [-0.1, -0.05) is 35.0 Å². The van der Waals surface area contributed by atoms with Crippen LogP contribution in [0.2, 0.25) is 0 Å². The van der Waals surface area contributed by atoms with Crippen LogP contribution >= 0.6 is 0 Å².